The van der Waals surface area contributed by atoms with Gasteiger partial charge in [0.2, 0.25) is 5.91 Å². The number of carbonyl (C=O) groups excluding carboxylic acids is 1. The molecule has 0 aromatic rings. The number of hydrogen-bond acceptors (Lipinski definition) is 3. The number of hydrogen-bond donors (Lipinski definition) is 1. The zero-order valence-corrected chi connectivity index (χ0v) is 11.1. The van der Waals surface area contributed by atoms with Gasteiger partial charge in [0.05, 0.1) is 18.3 Å². The van der Waals surface area contributed by atoms with Gasteiger partial charge in [-0.3, -0.25) is 10.1 Å². The van der Waals surface area contributed by atoms with E-state index in [2.05, 4.69) is 17.1 Å². The van der Waals surface area contributed by atoms with Crippen LogP contribution >= 0.6 is 0 Å². The average molecular weight is 240 g/mol. The molecule has 1 saturated heterocycles. The summed E-state index contributed by atoms with van der Waals surface area (Å²) >= 11 is 0. The quantitative estimate of drug-likeness (QED) is 0.792. The van der Waals surface area contributed by atoms with E-state index < -0.39 is 0 Å². The van der Waals surface area contributed by atoms with Gasteiger partial charge in [-0.25, -0.2) is 0 Å². The minimum Gasteiger partial charge on any atom is -0.378 e. The normalized spacial score (nSPS) is 37.4. The molecular weight excluding hydrogens is 216 g/mol. The number of nitrogens with zero attached hydrogens (tertiary/aromatic N) is 1. The van der Waals surface area contributed by atoms with Crippen LogP contribution in [0.15, 0.2) is 0 Å². The van der Waals surface area contributed by atoms with Crippen LogP contribution in [-0.4, -0.2) is 41.8 Å². The van der Waals surface area contributed by atoms with Crippen molar-refractivity contribution in [1.29, 1.82) is 0 Å². The molecule has 4 nitrogen and oxygen atoms in total. The second kappa shape index (κ2) is 5.36. The Labute approximate surface area is 104 Å². The van der Waals surface area contributed by atoms with Crippen LogP contribution in [0.5, 0.6) is 0 Å². The first-order valence-electron chi connectivity index (χ1n) is 6.87. The van der Waals surface area contributed by atoms with Crippen molar-refractivity contribution in [2.45, 2.75) is 70.8 Å². The summed E-state index contributed by atoms with van der Waals surface area (Å²) in [4.78, 5) is 14.2. The van der Waals surface area contributed by atoms with Gasteiger partial charge in [0.15, 0.2) is 0 Å². The average Bonchev–Trinajstić information content (AvgIpc) is 2.50. The molecule has 0 spiro atoms. The Balaban J connectivity index is 1.92. The summed E-state index contributed by atoms with van der Waals surface area (Å²) in [7, 11) is 0. The Morgan fingerprint density at radius 3 is 2.71 bits per heavy atom. The van der Waals surface area contributed by atoms with Crippen molar-refractivity contribution < 1.29 is 9.53 Å². The van der Waals surface area contributed by atoms with E-state index in [1.807, 2.05) is 13.8 Å². The second-order valence-corrected chi connectivity index (χ2v) is 5.14. The lowest BCUT2D eigenvalue weighted by Gasteiger charge is -2.43. The highest BCUT2D eigenvalue weighted by atomic mass is 16.5. The van der Waals surface area contributed by atoms with Gasteiger partial charge in [-0.05, 0) is 33.1 Å². The third-order valence-corrected chi connectivity index (χ3v) is 3.83. The first kappa shape index (κ1) is 12.8. The molecule has 2 rings (SSSR count). The lowest BCUT2D eigenvalue weighted by atomic mass is 9.87. The van der Waals surface area contributed by atoms with E-state index >= 15 is 0 Å². The maximum absolute atomic E-state index is 12.1. The molecule has 4 heteroatoms. The summed E-state index contributed by atoms with van der Waals surface area (Å²) in [6, 6.07) is 0.380. The molecule has 17 heavy (non-hydrogen) atoms. The molecule has 98 valence electrons. The van der Waals surface area contributed by atoms with E-state index in [-0.39, 0.29) is 18.1 Å². The van der Waals surface area contributed by atoms with Crippen molar-refractivity contribution in [2.75, 3.05) is 6.61 Å². The van der Waals surface area contributed by atoms with Crippen molar-refractivity contribution in [2.24, 2.45) is 0 Å². The summed E-state index contributed by atoms with van der Waals surface area (Å²) < 4.78 is 5.57. The first-order valence-corrected chi connectivity index (χ1v) is 6.87. The molecule has 0 bridgehead atoms. The summed E-state index contributed by atoms with van der Waals surface area (Å²) in [5.74, 6) is 0.267. The van der Waals surface area contributed by atoms with Crippen LogP contribution in [0.1, 0.15) is 46.5 Å². The lowest BCUT2D eigenvalue weighted by Crippen LogP contribution is -2.53. The first-order chi connectivity index (χ1) is 8.17. The highest BCUT2D eigenvalue weighted by Crippen LogP contribution is 2.32. The molecule has 2 unspecified atom stereocenters. The van der Waals surface area contributed by atoms with Crippen molar-refractivity contribution in [3.05, 3.63) is 0 Å². The number of rotatable bonds is 5. The summed E-state index contributed by atoms with van der Waals surface area (Å²) in [6.45, 7) is 6.93. The van der Waals surface area contributed by atoms with Gasteiger partial charge in [0, 0.05) is 12.6 Å². The van der Waals surface area contributed by atoms with Gasteiger partial charge in [0.25, 0.3) is 0 Å². The number of nitrogens with one attached hydrogen (secondary N) is 1. The van der Waals surface area contributed by atoms with Crippen molar-refractivity contribution in [3.8, 4) is 0 Å². The van der Waals surface area contributed by atoms with E-state index in [0.717, 1.165) is 32.3 Å². The highest BCUT2D eigenvalue weighted by Gasteiger charge is 2.44. The van der Waals surface area contributed by atoms with Crippen LogP contribution in [0.3, 0.4) is 0 Å². The molecule has 0 aromatic heterocycles. The summed E-state index contributed by atoms with van der Waals surface area (Å²) in [6.07, 6.45) is 4.79. The van der Waals surface area contributed by atoms with Gasteiger partial charge in [-0.2, -0.15) is 0 Å². The van der Waals surface area contributed by atoms with Crippen LogP contribution in [0.2, 0.25) is 0 Å². The van der Waals surface area contributed by atoms with Crippen LogP contribution in [0, 0.1) is 0 Å². The molecule has 1 amide bonds. The van der Waals surface area contributed by atoms with E-state index in [4.69, 9.17) is 4.74 Å². The summed E-state index contributed by atoms with van der Waals surface area (Å²) in [5, 5.41) is 3.39. The summed E-state index contributed by atoms with van der Waals surface area (Å²) in [5.41, 5.74) is 0. The number of amides is 1. The van der Waals surface area contributed by atoms with Gasteiger partial charge in [0.1, 0.15) is 0 Å². The van der Waals surface area contributed by atoms with Crippen LogP contribution in [0.4, 0.5) is 0 Å². The minimum absolute atomic E-state index is 0.0160. The zero-order valence-electron chi connectivity index (χ0n) is 11.1. The third-order valence-electron chi connectivity index (χ3n) is 3.83. The zero-order chi connectivity index (χ0) is 12.4. The molecule has 1 aliphatic carbocycles. The highest BCUT2D eigenvalue weighted by molar-refractivity contribution is 5.84. The molecule has 1 heterocycles. The Hall–Kier alpha value is -0.610. The minimum atomic E-state index is -0.0160. The Morgan fingerprint density at radius 2 is 2.12 bits per heavy atom. The van der Waals surface area contributed by atoms with E-state index in [1.54, 1.807) is 0 Å². The Morgan fingerprint density at radius 1 is 1.41 bits per heavy atom. The second-order valence-electron chi connectivity index (χ2n) is 5.14. The van der Waals surface area contributed by atoms with Crippen molar-refractivity contribution >= 4 is 5.91 Å². The van der Waals surface area contributed by atoms with Gasteiger partial charge in [-0.1, -0.05) is 13.3 Å². The van der Waals surface area contributed by atoms with Crippen molar-refractivity contribution in [3.63, 3.8) is 0 Å². The predicted molar refractivity (Wildman–Crippen MR) is 66.6 cm³/mol. The molecule has 0 radical (unpaired) electrons. The maximum Gasteiger partial charge on any atom is 0.240 e. The fourth-order valence-corrected chi connectivity index (χ4v) is 2.88. The molecule has 1 N–H and O–H groups in total. The van der Waals surface area contributed by atoms with Crippen LogP contribution in [0.25, 0.3) is 0 Å². The predicted octanol–water partition coefficient (Wildman–Crippen LogP) is 1.50. The molecule has 0 aromatic carbocycles. The molecule has 2 aliphatic rings. The Kier molecular flexibility index (Phi) is 4.05. The van der Waals surface area contributed by atoms with Crippen molar-refractivity contribution in [1.82, 2.24) is 10.2 Å². The van der Waals surface area contributed by atoms with Gasteiger partial charge < -0.3 is 9.64 Å². The smallest absolute Gasteiger partial charge is 0.240 e. The fraction of sp³-hybridized carbons (Fsp3) is 0.923. The molecule has 1 aliphatic heterocycles. The molecule has 2 fully saturated rings. The molecular formula is C13H24N2O2. The topological polar surface area (TPSA) is 41.6 Å². The van der Waals surface area contributed by atoms with E-state index in [0.29, 0.717) is 12.1 Å². The fourth-order valence-electron chi connectivity index (χ4n) is 2.88. The molecule has 2 atom stereocenters. The van der Waals surface area contributed by atoms with Crippen LogP contribution < -0.4 is 5.32 Å². The largest absolute Gasteiger partial charge is 0.378 e. The van der Waals surface area contributed by atoms with Gasteiger partial charge >= 0.3 is 0 Å². The van der Waals surface area contributed by atoms with Gasteiger partial charge in [-0.15, -0.1) is 0 Å². The Bertz CT molecular complexity index is 277. The molecule has 1 saturated carbocycles. The lowest BCUT2D eigenvalue weighted by molar-refractivity contribution is -0.138. The van der Waals surface area contributed by atoms with E-state index in [9.17, 15) is 4.79 Å². The third kappa shape index (κ3) is 2.47. The standard InChI is InChI=1S/C13H24N2O2/c1-4-6-12-14-9(3)13(16)15(12)10-7-11(8-10)17-5-2/h9-12,14H,4-8H2,1-3H3. The number of carbonyl (C=O) groups is 1. The van der Waals surface area contributed by atoms with Crippen LogP contribution in [-0.2, 0) is 9.53 Å². The maximum atomic E-state index is 12.1. The monoisotopic (exact) mass is 240 g/mol. The number of ether oxygens (including phenoxy) is 1. The van der Waals surface area contributed by atoms with E-state index in [1.165, 1.54) is 0 Å². The SMILES string of the molecule is CCCC1NC(C)C(=O)N1C1CC(OCC)C1.